The van der Waals surface area contributed by atoms with E-state index in [0.717, 1.165) is 54.8 Å². The molecule has 1 amide bonds. The normalized spacial score (nSPS) is 10.9. The Balaban J connectivity index is 1.22. The summed E-state index contributed by atoms with van der Waals surface area (Å²) in [6, 6.07) is 23.3. The summed E-state index contributed by atoms with van der Waals surface area (Å²) < 4.78 is 13.7. The van der Waals surface area contributed by atoms with E-state index in [0.29, 0.717) is 23.9 Å². The summed E-state index contributed by atoms with van der Waals surface area (Å²) in [5, 5.41) is 3.56. The fourth-order valence-corrected chi connectivity index (χ4v) is 4.16. The van der Waals surface area contributed by atoms with E-state index in [1.54, 1.807) is 24.3 Å². The van der Waals surface area contributed by atoms with Crippen molar-refractivity contribution in [2.45, 2.75) is 39.2 Å². The van der Waals surface area contributed by atoms with Gasteiger partial charge >= 0.3 is 0 Å². The Bertz CT molecular complexity index is 1270. The van der Waals surface area contributed by atoms with Crippen molar-refractivity contribution in [3.63, 3.8) is 0 Å². The molecule has 0 unspecified atom stereocenters. The largest absolute Gasteiger partial charge is 0.494 e. The predicted molar refractivity (Wildman–Crippen MR) is 144 cm³/mol. The second-order valence-electron chi connectivity index (χ2n) is 8.74. The number of carbonyl (C=O) groups excluding carboxylic acids is 1. The number of ether oxygens (including phenoxy) is 2. The zero-order valence-corrected chi connectivity index (χ0v) is 21.3. The van der Waals surface area contributed by atoms with Gasteiger partial charge in [0.15, 0.2) is 6.61 Å². The first-order chi connectivity index (χ1) is 17.6. The maximum Gasteiger partial charge on any atom is 0.257 e. The van der Waals surface area contributed by atoms with Crippen LogP contribution in [0.5, 0.6) is 11.5 Å². The molecule has 0 atom stereocenters. The van der Waals surface area contributed by atoms with Crippen molar-refractivity contribution in [2.75, 3.05) is 19.8 Å². The van der Waals surface area contributed by atoms with Crippen LogP contribution in [-0.4, -0.2) is 35.2 Å². The number of aromatic nitrogens is 2. The molecule has 0 aliphatic heterocycles. The van der Waals surface area contributed by atoms with Crippen molar-refractivity contribution < 1.29 is 14.3 Å². The Morgan fingerprint density at radius 3 is 2.61 bits per heavy atom. The third kappa shape index (κ3) is 7.49. The SMILES string of the molecule is Cc1cccc(OCCCCn2c(CCCNC(=O)COc3ccc(Cl)cc3)nc3ccccc32)c1. The highest BCUT2D eigenvalue weighted by Crippen LogP contribution is 2.19. The standard InChI is InChI=1S/C29H32ClN3O3/c1-22-8-6-9-25(20-22)35-19-5-4-18-33-27-11-3-2-10-26(27)32-28(33)12-7-17-31-29(34)21-36-24-15-13-23(30)14-16-24/h2-3,6,8-11,13-16,20H,4-5,7,12,17-19,21H2,1H3,(H,31,34). The molecule has 4 aromatic rings. The number of nitrogens with one attached hydrogen (secondary N) is 1. The van der Waals surface area contributed by atoms with Crippen molar-refractivity contribution in [3.05, 3.63) is 89.2 Å². The Morgan fingerprint density at radius 1 is 0.944 bits per heavy atom. The lowest BCUT2D eigenvalue weighted by Gasteiger charge is -2.11. The number of imidazole rings is 1. The minimum absolute atomic E-state index is 0.0230. The van der Waals surface area contributed by atoms with Crippen LogP contribution in [0.2, 0.25) is 5.02 Å². The van der Waals surface area contributed by atoms with Crippen molar-refractivity contribution in [1.82, 2.24) is 14.9 Å². The minimum Gasteiger partial charge on any atom is -0.494 e. The molecule has 0 spiro atoms. The van der Waals surface area contributed by atoms with E-state index in [1.807, 2.05) is 30.3 Å². The summed E-state index contributed by atoms with van der Waals surface area (Å²) in [5.41, 5.74) is 3.35. The van der Waals surface area contributed by atoms with Gasteiger partial charge in [0.2, 0.25) is 0 Å². The number of fused-ring (bicyclic) bond motifs is 1. The van der Waals surface area contributed by atoms with E-state index in [-0.39, 0.29) is 12.5 Å². The molecule has 0 aliphatic rings. The third-order valence-corrected chi connectivity index (χ3v) is 6.10. The maximum atomic E-state index is 12.1. The fraction of sp³-hybridized carbons (Fsp3) is 0.310. The number of hydrogen-bond donors (Lipinski definition) is 1. The van der Waals surface area contributed by atoms with Gasteiger partial charge in [0.05, 0.1) is 17.6 Å². The smallest absolute Gasteiger partial charge is 0.257 e. The highest BCUT2D eigenvalue weighted by atomic mass is 35.5. The zero-order chi connectivity index (χ0) is 25.2. The number of amides is 1. The van der Waals surface area contributed by atoms with Crippen LogP contribution in [0.15, 0.2) is 72.8 Å². The molecular weight excluding hydrogens is 474 g/mol. The summed E-state index contributed by atoms with van der Waals surface area (Å²) >= 11 is 5.87. The number of para-hydroxylation sites is 2. The number of unbranched alkanes of at least 4 members (excludes halogenated alkanes) is 1. The van der Waals surface area contributed by atoms with Gasteiger partial charge in [-0.3, -0.25) is 4.79 Å². The van der Waals surface area contributed by atoms with Gasteiger partial charge in [-0.05, 0) is 80.3 Å². The van der Waals surface area contributed by atoms with E-state index >= 15 is 0 Å². The van der Waals surface area contributed by atoms with Crippen LogP contribution >= 0.6 is 11.6 Å². The average molecular weight is 506 g/mol. The number of carbonyl (C=O) groups is 1. The van der Waals surface area contributed by atoms with Gasteiger partial charge in [0.1, 0.15) is 17.3 Å². The van der Waals surface area contributed by atoms with Crippen LogP contribution < -0.4 is 14.8 Å². The molecule has 0 aliphatic carbocycles. The second-order valence-corrected chi connectivity index (χ2v) is 9.17. The molecular formula is C29H32ClN3O3. The number of halogens is 1. The number of aryl methyl sites for hydroxylation is 3. The average Bonchev–Trinajstić information content (AvgIpc) is 3.23. The van der Waals surface area contributed by atoms with Crippen LogP contribution in [0.3, 0.4) is 0 Å². The van der Waals surface area contributed by atoms with Gasteiger partial charge in [0, 0.05) is 24.5 Å². The summed E-state index contributed by atoms with van der Waals surface area (Å²) in [7, 11) is 0. The van der Waals surface area contributed by atoms with Crippen LogP contribution in [0.4, 0.5) is 0 Å². The lowest BCUT2D eigenvalue weighted by molar-refractivity contribution is -0.123. The summed E-state index contributed by atoms with van der Waals surface area (Å²) in [4.78, 5) is 17.0. The first-order valence-corrected chi connectivity index (χ1v) is 12.7. The van der Waals surface area contributed by atoms with Gasteiger partial charge in [0.25, 0.3) is 5.91 Å². The summed E-state index contributed by atoms with van der Waals surface area (Å²) in [5.74, 6) is 2.44. The zero-order valence-electron chi connectivity index (χ0n) is 20.6. The van der Waals surface area contributed by atoms with Crippen LogP contribution in [0.1, 0.15) is 30.7 Å². The molecule has 1 N–H and O–H groups in total. The van der Waals surface area contributed by atoms with E-state index in [9.17, 15) is 4.79 Å². The van der Waals surface area contributed by atoms with Crippen LogP contribution in [-0.2, 0) is 17.8 Å². The van der Waals surface area contributed by atoms with E-state index in [4.69, 9.17) is 26.1 Å². The Morgan fingerprint density at radius 2 is 1.78 bits per heavy atom. The Labute approximate surface area is 217 Å². The fourth-order valence-electron chi connectivity index (χ4n) is 4.04. The first kappa shape index (κ1) is 25.6. The molecule has 188 valence electrons. The molecule has 0 bridgehead atoms. The Kier molecular flexibility index (Phi) is 9.22. The highest BCUT2D eigenvalue weighted by molar-refractivity contribution is 6.30. The van der Waals surface area contributed by atoms with Gasteiger partial charge in [-0.15, -0.1) is 0 Å². The maximum absolute atomic E-state index is 12.1. The van der Waals surface area contributed by atoms with Gasteiger partial charge in [-0.1, -0.05) is 35.9 Å². The number of benzene rings is 3. The number of nitrogens with zero attached hydrogens (tertiary/aromatic N) is 2. The first-order valence-electron chi connectivity index (χ1n) is 12.4. The lowest BCUT2D eigenvalue weighted by Crippen LogP contribution is -2.30. The molecule has 7 heteroatoms. The summed E-state index contributed by atoms with van der Waals surface area (Å²) in [6.07, 6.45) is 3.54. The molecule has 1 aromatic heterocycles. The Hall–Kier alpha value is -3.51. The molecule has 0 saturated heterocycles. The van der Waals surface area contributed by atoms with Crippen molar-refractivity contribution in [1.29, 1.82) is 0 Å². The molecule has 0 radical (unpaired) electrons. The van der Waals surface area contributed by atoms with Crippen molar-refractivity contribution >= 4 is 28.5 Å². The van der Waals surface area contributed by atoms with Gasteiger partial charge < -0.3 is 19.4 Å². The van der Waals surface area contributed by atoms with Crippen molar-refractivity contribution in [2.24, 2.45) is 0 Å². The molecule has 4 rings (SSSR count). The molecule has 36 heavy (non-hydrogen) atoms. The molecule has 0 saturated carbocycles. The van der Waals surface area contributed by atoms with Crippen LogP contribution in [0, 0.1) is 6.92 Å². The van der Waals surface area contributed by atoms with E-state index in [2.05, 4.69) is 35.0 Å². The molecule has 1 heterocycles. The van der Waals surface area contributed by atoms with Gasteiger partial charge in [-0.2, -0.15) is 0 Å². The highest BCUT2D eigenvalue weighted by Gasteiger charge is 2.11. The number of hydrogen-bond acceptors (Lipinski definition) is 4. The quantitative estimate of drug-likeness (QED) is 0.227. The van der Waals surface area contributed by atoms with E-state index < -0.39 is 0 Å². The van der Waals surface area contributed by atoms with E-state index in [1.165, 1.54) is 5.56 Å². The topological polar surface area (TPSA) is 65.4 Å². The molecule has 6 nitrogen and oxygen atoms in total. The van der Waals surface area contributed by atoms with Gasteiger partial charge in [-0.25, -0.2) is 4.98 Å². The van der Waals surface area contributed by atoms with Crippen molar-refractivity contribution in [3.8, 4) is 11.5 Å². The third-order valence-electron chi connectivity index (χ3n) is 5.85. The summed E-state index contributed by atoms with van der Waals surface area (Å²) in [6.45, 7) is 4.18. The monoisotopic (exact) mass is 505 g/mol. The predicted octanol–water partition coefficient (Wildman–Crippen LogP) is 5.99. The van der Waals surface area contributed by atoms with Crippen LogP contribution in [0.25, 0.3) is 11.0 Å². The lowest BCUT2D eigenvalue weighted by atomic mass is 10.2. The minimum atomic E-state index is -0.146. The molecule has 3 aromatic carbocycles. The second kappa shape index (κ2) is 13.0. The molecule has 0 fully saturated rings. The number of rotatable bonds is 13.